The van der Waals surface area contributed by atoms with E-state index in [9.17, 15) is 19.8 Å². The maximum absolute atomic E-state index is 14.0. The summed E-state index contributed by atoms with van der Waals surface area (Å²) in [7, 11) is 0. The number of benzene rings is 1. The van der Waals surface area contributed by atoms with Crippen LogP contribution in [0.2, 0.25) is 0 Å². The van der Waals surface area contributed by atoms with Gasteiger partial charge in [-0.15, -0.1) is 0 Å². The second kappa shape index (κ2) is 7.08. The van der Waals surface area contributed by atoms with Crippen LogP contribution in [0, 0.1) is 11.8 Å². The summed E-state index contributed by atoms with van der Waals surface area (Å²) in [5, 5.41) is 21.4. The van der Waals surface area contributed by atoms with Gasteiger partial charge in [0.25, 0.3) is 0 Å². The van der Waals surface area contributed by atoms with E-state index in [1.807, 2.05) is 53.7 Å². The predicted molar refractivity (Wildman–Crippen MR) is 127 cm³/mol. The van der Waals surface area contributed by atoms with Gasteiger partial charge in [-0.25, -0.2) is 0 Å². The molecule has 180 valence electrons. The van der Waals surface area contributed by atoms with Crippen molar-refractivity contribution in [2.75, 3.05) is 0 Å². The minimum absolute atomic E-state index is 0.0430. The minimum Gasteiger partial charge on any atom is -0.507 e. The molecule has 6 nitrogen and oxygen atoms in total. The van der Waals surface area contributed by atoms with Gasteiger partial charge < -0.3 is 19.7 Å². The van der Waals surface area contributed by atoms with Gasteiger partial charge in [-0.05, 0) is 54.4 Å². The number of allylic oxidation sites excluding steroid dienone is 4. The predicted octanol–water partition coefficient (Wildman–Crippen LogP) is 4.97. The molecule has 6 rings (SSSR count). The van der Waals surface area contributed by atoms with Gasteiger partial charge >= 0.3 is 0 Å². The summed E-state index contributed by atoms with van der Waals surface area (Å²) in [5.41, 5.74) is -0.450. The standard InChI is InChI=1S/C28H32O6/c1-14(2)7-8-17-19(29)13-20(30)22-23(31)18-11-16-12-21-26(5,6)34-27(25(16)32,10-9-15(3)4)28(18,21)33-24(17)22/h7,9,11,13,16,21,29-30H,8,10,12H2,1-6H3/t16-,21?,27?,28-/m1/s1. The number of fused-ring (bicyclic) bond motifs is 1. The molecule has 4 bridgehead atoms. The van der Waals surface area contributed by atoms with E-state index in [0.29, 0.717) is 30.4 Å². The monoisotopic (exact) mass is 464 g/mol. The Morgan fingerprint density at radius 2 is 1.76 bits per heavy atom. The molecule has 1 aromatic carbocycles. The molecular weight excluding hydrogens is 432 g/mol. The normalized spacial score (nSPS) is 31.9. The molecule has 5 aliphatic rings. The minimum atomic E-state index is -1.35. The van der Waals surface area contributed by atoms with Gasteiger partial charge in [-0.3, -0.25) is 9.59 Å². The first-order chi connectivity index (χ1) is 15.9. The molecule has 1 saturated carbocycles. The third kappa shape index (κ3) is 2.72. The Morgan fingerprint density at radius 1 is 1.09 bits per heavy atom. The Labute approximate surface area is 200 Å². The van der Waals surface area contributed by atoms with Crippen LogP contribution in [0.3, 0.4) is 0 Å². The smallest absolute Gasteiger partial charge is 0.200 e. The first-order valence-electron chi connectivity index (χ1n) is 11.9. The SMILES string of the molecule is CC(C)=CCc1c(O)cc(O)c2c1O[C@]13C(=C[C@@H]4CC1C(C)(C)OC3(CC=C(C)C)C4=O)C2=O. The number of Topliss-reactive ketones (excluding diaryl/α,β-unsaturated/α-hetero) is 2. The summed E-state index contributed by atoms with van der Waals surface area (Å²) >= 11 is 0. The van der Waals surface area contributed by atoms with Crippen LogP contribution in [-0.2, 0) is 16.0 Å². The molecule has 1 saturated heterocycles. The average molecular weight is 465 g/mol. The number of phenolic OH excluding ortho intramolecular Hbond substituents is 2. The number of rotatable bonds is 4. The zero-order valence-corrected chi connectivity index (χ0v) is 20.6. The molecular formula is C28H32O6. The molecule has 2 aliphatic heterocycles. The second-order valence-electron chi connectivity index (χ2n) is 11.1. The van der Waals surface area contributed by atoms with Gasteiger partial charge in [0.05, 0.1) is 5.60 Å². The van der Waals surface area contributed by atoms with Gasteiger partial charge in [0.1, 0.15) is 22.8 Å². The van der Waals surface area contributed by atoms with Crippen molar-refractivity contribution in [3.8, 4) is 17.2 Å². The molecule has 0 amide bonds. The van der Waals surface area contributed by atoms with E-state index >= 15 is 0 Å². The highest BCUT2D eigenvalue weighted by molar-refractivity contribution is 6.18. The van der Waals surface area contributed by atoms with Crippen molar-refractivity contribution in [3.63, 3.8) is 0 Å². The summed E-state index contributed by atoms with van der Waals surface area (Å²) in [6.45, 7) is 11.7. The van der Waals surface area contributed by atoms with Crippen LogP contribution in [0.1, 0.15) is 70.3 Å². The zero-order chi connectivity index (χ0) is 24.8. The van der Waals surface area contributed by atoms with Crippen molar-refractivity contribution in [3.05, 3.63) is 52.1 Å². The summed E-state index contributed by atoms with van der Waals surface area (Å²) < 4.78 is 13.5. The van der Waals surface area contributed by atoms with Crippen LogP contribution in [0.5, 0.6) is 17.2 Å². The Morgan fingerprint density at radius 3 is 2.41 bits per heavy atom. The van der Waals surface area contributed by atoms with E-state index in [2.05, 4.69) is 0 Å². The first kappa shape index (κ1) is 22.9. The molecule has 0 radical (unpaired) electrons. The van der Waals surface area contributed by atoms with Crippen LogP contribution in [-0.4, -0.2) is 38.6 Å². The average Bonchev–Trinajstić information content (AvgIpc) is 2.89. The van der Waals surface area contributed by atoms with E-state index in [1.165, 1.54) is 6.07 Å². The van der Waals surface area contributed by atoms with Crippen molar-refractivity contribution in [2.45, 2.75) is 77.6 Å². The Bertz CT molecular complexity index is 1220. The maximum atomic E-state index is 14.0. The molecule has 1 aromatic rings. The first-order valence-corrected chi connectivity index (χ1v) is 11.9. The third-order valence-corrected chi connectivity index (χ3v) is 7.95. The van der Waals surface area contributed by atoms with Gasteiger partial charge in [0.2, 0.25) is 0 Å². The fraction of sp³-hybridized carbons (Fsp3) is 0.500. The number of phenols is 2. The molecule has 0 aromatic heterocycles. The lowest BCUT2D eigenvalue weighted by molar-refractivity contribution is -0.171. The molecule has 4 atom stereocenters. The van der Waals surface area contributed by atoms with Crippen molar-refractivity contribution in [1.29, 1.82) is 0 Å². The third-order valence-electron chi connectivity index (χ3n) is 7.95. The lowest BCUT2D eigenvalue weighted by atomic mass is 9.51. The molecule has 3 aliphatic carbocycles. The van der Waals surface area contributed by atoms with E-state index in [1.54, 1.807) is 6.08 Å². The molecule has 34 heavy (non-hydrogen) atoms. The highest BCUT2D eigenvalue weighted by Gasteiger charge is 2.81. The number of aromatic hydroxyl groups is 2. The number of carbonyl (C=O) groups is 2. The molecule has 2 heterocycles. The summed E-state index contributed by atoms with van der Waals surface area (Å²) in [6.07, 6.45) is 6.78. The Balaban J connectivity index is 1.81. The van der Waals surface area contributed by atoms with Crippen LogP contribution in [0.25, 0.3) is 0 Å². The van der Waals surface area contributed by atoms with Crippen LogP contribution in [0.4, 0.5) is 0 Å². The molecule has 2 unspecified atom stereocenters. The topological polar surface area (TPSA) is 93.1 Å². The van der Waals surface area contributed by atoms with E-state index in [0.717, 1.165) is 11.1 Å². The van der Waals surface area contributed by atoms with Gasteiger partial charge in [-0.1, -0.05) is 29.4 Å². The summed E-state index contributed by atoms with van der Waals surface area (Å²) in [5.74, 6) is -1.43. The summed E-state index contributed by atoms with van der Waals surface area (Å²) in [4.78, 5) is 27.9. The Hall–Kier alpha value is -2.86. The Kier molecular flexibility index (Phi) is 4.77. The van der Waals surface area contributed by atoms with Gasteiger partial charge in [0, 0.05) is 35.5 Å². The largest absolute Gasteiger partial charge is 0.507 e. The fourth-order valence-electron chi connectivity index (χ4n) is 6.48. The maximum Gasteiger partial charge on any atom is 0.200 e. The number of carbonyl (C=O) groups excluding carboxylic acids is 2. The molecule has 2 fully saturated rings. The van der Waals surface area contributed by atoms with Gasteiger partial charge in [-0.2, -0.15) is 0 Å². The van der Waals surface area contributed by atoms with Crippen molar-refractivity contribution >= 4 is 11.6 Å². The fourth-order valence-corrected chi connectivity index (χ4v) is 6.48. The number of ketones is 2. The lowest BCUT2D eigenvalue weighted by Crippen LogP contribution is -2.72. The quantitative estimate of drug-likeness (QED) is 0.611. The zero-order valence-electron chi connectivity index (χ0n) is 20.6. The van der Waals surface area contributed by atoms with Gasteiger partial charge in [0.15, 0.2) is 22.8 Å². The lowest BCUT2D eigenvalue weighted by Gasteiger charge is -2.56. The second-order valence-corrected chi connectivity index (χ2v) is 11.1. The van der Waals surface area contributed by atoms with Crippen LogP contribution in [0.15, 0.2) is 41.0 Å². The van der Waals surface area contributed by atoms with E-state index in [-0.39, 0.29) is 40.3 Å². The highest BCUT2D eigenvalue weighted by Crippen LogP contribution is 2.68. The highest BCUT2D eigenvalue weighted by atomic mass is 16.6. The number of hydrogen-bond donors (Lipinski definition) is 2. The van der Waals surface area contributed by atoms with Crippen molar-refractivity contribution in [1.82, 2.24) is 0 Å². The molecule has 2 N–H and O–H groups in total. The van der Waals surface area contributed by atoms with Crippen LogP contribution >= 0.6 is 0 Å². The van der Waals surface area contributed by atoms with E-state index in [4.69, 9.17) is 9.47 Å². The van der Waals surface area contributed by atoms with E-state index < -0.39 is 22.7 Å². The summed E-state index contributed by atoms with van der Waals surface area (Å²) in [6, 6.07) is 1.20. The molecule has 1 spiro atoms. The van der Waals surface area contributed by atoms with Crippen molar-refractivity contribution in [2.24, 2.45) is 11.8 Å². The number of ether oxygens (including phenoxy) is 2. The number of hydrogen-bond acceptors (Lipinski definition) is 6. The molecule has 6 heteroatoms. The van der Waals surface area contributed by atoms with Crippen molar-refractivity contribution < 1.29 is 29.3 Å². The van der Waals surface area contributed by atoms with Crippen LogP contribution < -0.4 is 4.74 Å².